The molecule has 2 aromatic carbocycles. The number of anilines is 4. The lowest BCUT2D eigenvalue weighted by Crippen LogP contribution is -2.37. The number of morpholine rings is 2. The summed E-state index contributed by atoms with van der Waals surface area (Å²) in [7, 11) is 0. The van der Waals surface area contributed by atoms with Gasteiger partial charge in [0.1, 0.15) is 24.3 Å². The molecule has 2 atom stereocenters. The second-order valence-corrected chi connectivity index (χ2v) is 20.3. The maximum absolute atomic E-state index is 5.48. The zero-order chi connectivity index (χ0) is 42.0. The average Bonchev–Trinajstić information content (AvgIpc) is 4.01. The molecular weight excluding hydrogens is 799 g/mol. The molecule has 0 N–H and O–H groups in total. The molecule has 10 rings (SSSR count). The average molecular weight is 862 g/mol. The highest BCUT2D eigenvalue weighted by molar-refractivity contribution is 7.10. The summed E-state index contributed by atoms with van der Waals surface area (Å²) >= 11 is 3.64. The molecule has 61 heavy (non-hydrogen) atoms. The van der Waals surface area contributed by atoms with Crippen LogP contribution in [-0.2, 0) is 22.3 Å². The monoisotopic (exact) mass is 861 g/mol. The van der Waals surface area contributed by atoms with Crippen LogP contribution >= 0.6 is 22.7 Å². The molecule has 4 saturated heterocycles. The van der Waals surface area contributed by atoms with Gasteiger partial charge in [-0.05, 0) is 97.2 Å². The SMILES string of the molecule is CC(C)(C)C.c1csc(CC2CCCN(c3ncnc4cc(N5CCOCC5)ccc34)C2)c1.c1csc(CC2CCCN(c3ncnc4cc(N5CCOCC5)ccc34)C2)n1. The molecule has 4 fully saturated rings. The summed E-state index contributed by atoms with van der Waals surface area (Å²) in [5, 5.41) is 7.81. The van der Waals surface area contributed by atoms with E-state index in [4.69, 9.17) is 9.47 Å². The Morgan fingerprint density at radius 1 is 0.590 bits per heavy atom. The van der Waals surface area contributed by atoms with Crippen LogP contribution in [0.15, 0.2) is 78.1 Å². The summed E-state index contributed by atoms with van der Waals surface area (Å²) in [6.07, 6.45) is 12.6. The molecule has 4 aliphatic heterocycles. The van der Waals surface area contributed by atoms with E-state index >= 15 is 0 Å². The Morgan fingerprint density at radius 3 is 1.59 bits per heavy atom. The number of nitrogens with zero attached hydrogens (tertiary/aromatic N) is 9. The fraction of sp³-hybridized carbons (Fsp3) is 0.521. The van der Waals surface area contributed by atoms with Crippen molar-refractivity contribution in [1.82, 2.24) is 24.9 Å². The highest BCUT2D eigenvalue weighted by atomic mass is 32.1. The summed E-state index contributed by atoms with van der Waals surface area (Å²) in [5.74, 6) is 3.50. The minimum atomic E-state index is 0.500. The van der Waals surface area contributed by atoms with Crippen molar-refractivity contribution >= 4 is 67.5 Å². The number of aromatic nitrogens is 5. The molecule has 2 unspecified atom stereocenters. The summed E-state index contributed by atoms with van der Waals surface area (Å²) in [5.41, 5.74) is 5.01. The highest BCUT2D eigenvalue weighted by Gasteiger charge is 2.25. The van der Waals surface area contributed by atoms with Gasteiger partial charge < -0.3 is 29.1 Å². The van der Waals surface area contributed by atoms with Crippen molar-refractivity contribution in [3.05, 3.63) is 88.0 Å². The van der Waals surface area contributed by atoms with Gasteiger partial charge in [0.25, 0.3) is 0 Å². The molecule has 0 bridgehead atoms. The normalized spacial score (nSPS) is 19.9. The molecular formula is C48H63N9O2S2. The van der Waals surface area contributed by atoms with Gasteiger partial charge in [-0.1, -0.05) is 33.8 Å². The largest absolute Gasteiger partial charge is 0.378 e. The third-order valence-electron chi connectivity index (χ3n) is 11.6. The van der Waals surface area contributed by atoms with Crippen molar-refractivity contribution in [1.29, 1.82) is 0 Å². The predicted molar refractivity (Wildman–Crippen MR) is 254 cm³/mol. The lowest BCUT2D eigenvalue weighted by molar-refractivity contribution is 0.122. The Balaban J connectivity index is 0.000000152. The maximum atomic E-state index is 5.48. The first-order valence-corrected chi connectivity index (χ1v) is 24.0. The van der Waals surface area contributed by atoms with Crippen LogP contribution in [0.1, 0.15) is 63.3 Å². The van der Waals surface area contributed by atoms with Crippen LogP contribution in [0, 0.1) is 17.3 Å². The molecule has 4 aliphatic rings. The Labute approximate surface area is 370 Å². The minimum absolute atomic E-state index is 0.500. The van der Waals surface area contributed by atoms with Crippen molar-refractivity contribution < 1.29 is 9.47 Å². The molecule has 11 nitrogen and oxygen atoms in total. The van der Waals surface area contributed by atoms with Crippen LogP contribution in [0.25, 0.3) is 21.8 Å². The van der Waals surface area contributed by atoms with E-state index in [1.165, 1.54) is 53.4 Å². The van der Waals surface area contributed by atoms with Gasteiger partial charge in [0.2, 0.25) is 0 Å². The van der Waals surface area contributed by atoms with Crippen LogP contribution < -0.4 is 19.6 Å². The number of ether oxygens (including phenoxy) is 2. The maximum Gasteiger partial charge on any atom is 0.139 e. The molecule has 0 spiro atoms. The molecule has 324 valence electrons. The van der Waals surface area contributed by atoms with Crippen LogP contribution in [0.4, 0.5) is 23.0 Å². The first kappa shape index (κ1) is 43.2. The Kier molecular flexibility index (Phi) is 14.6. The quantitative estimate of drug-likeness (QED) is 0.147. The lowest BCUT2D eigenvalue weighted by atomic mass is 9.94. The van der Waals surface area contributed by atoms with Crippen LogP contribution in [-0.4, -0.2) is 104 Å². The number of thiophene rings is 1. The fourth-order valence-corrected chi connectivity index (χ4v) is 10.3. The molecule has 6 aromatic rings. The van der Waals surface area contributed by atoms with E-state index in [2.05, 4.69) is 132 Å². The van der Waals surface area contributed by atoms with Crippen molar-refractivity contribution in [2.45, 2.75) is 66.2 Å². The zero-order valence-electron chi connectivity index (χ0n) is 36.5. The van der Waals surface area contributed by atoms with Gasteiger partial charge >= 0.3 is 0 Å². The van der Waals surface area contributed by atoms with E-state index in [1.807, 2.05) is 17.5 Å². The zero-order valence-corrected chi connectivity index (χ0v) is 38.2. The van der Waals surface area contributed by atoms with Crippen molar-refractivity contribution in [2.24, 2.45) is 17.3 Å². The number of fused-ring (bicyclic) bond motifs is 2. The van der Waals surface area contributed by atoms with Crippen LogP contribution in [0.2, 0.25) is 0 Å². The van der Waals surface area contributed by atoms with Gasteiger partial charge in [-0.15, -0.1) is 22.7 Å². The first-order chi connectivity index (χ1) is 29.7. The molecule has 0 amide bonds. The number of hydrogen-bond donors (Lipinski definition) is 0. The highest BCUT2D eigenvalue weighted by Crippen LogP contribution is 2.33. The number of piperidine rings is 2. The third-order valence-corrected chi connectivity index (χ3v) is 13.3. The number of benzene rings is 2. The number of thiazole rings is 1. The summed E-state index contributed by atoms with van der Waals surface area (Å²) in [4.78, 5) is 34.1. The molecule has 13 heteroatoms. The van der Waals surface area contributed by atoms with Gasteiger partial charge in [0.15, 0.2) is 0 Å². The second-order valence-electron chi connectivity index (χ2n) is 18.3. The summed E-state index contributed by atoms with van der Waals surface area (Å²) in [6, 6.07) is 17.6. The topological polar surface area (TPSA) is 95.9 Å². The summed E-state index contributed by atoms with van der Waals surface area (Å²) in [6.45, 7) is 20.0. The van der Waals surface area contributed by atoms with E-state index in [-0.39, 0.29) is 0 Å². The Bertz CT molecular complexity index is 2090. The smallest absolute Gasteiger partial charge is 0.139 e. The van der Waals surface area contributed by atoms with Gasteiger partial charge in [0.05, 0.1) is 42.5 Å². The molecule has 0 radical (unpaired) electrons. The molecule has 0 aliphatic carbocycles. The van der Waals surface area contributed by atoms with Crippen LogP contribution in [0.5, 0.6) is 0 Å². The Hall–Kier alpha value is -4.43. The first-order valence-electron chi connectivity index (χ1n) is 22.3. The van der Waals surface area contributed by atoms with E-state index in [1.54, 1.807) is 24.0 Å². The van der Waals surface area contributed by atoms with Crippen molar-refractivity contribution in [3.8, 4) is 0 Å². The van der Waals surface area contributed by atoms with Gasteiger partial charge in [0, 0.05) is 97.4 Å². The van der Waals surface area contributed by atoms with Gasteiger partial charge in [-0.3, -0.25) is 0 Å². The molecule has 4 aromatic heterocycles. The van der Waals surface area contributed by atoms with Crippen LogP contribution in [0.3, 0.4) is 0 Å². The van der Waals surface area contributed by atoms with E-state index in [9.17, 15) is 0 Å². The minimum Gasteiger partial charge on any atom is -0.378 e. The second kappa shape index (κ2) is 20.6. The van der Waals surface area contributed by atoms with E-state index in [0.29, 0.717) is 17.3 Å². The summed E-state index contributed by atoms with van der Waals surface area (Å²) < 4.78 is 11.0. The van der Waals surface area contributed by atoms with Crippen molar-refractivity contribution in [2.75, 3.05) is 98.4 Å². The third kappa shape index (κ3) is 11.9. The lowest BCUT2D eigenvalue weighted by Gasteiger charge is -2.34. The predicted octanol–water partition coefficient (Wildman–Crippen LogP) is 9.42. The van der Waals surface area contributed by atoms with Gasteiger partial charge in [-0.25, -0.2) is 24.9 Å². The molecule has 8 heterocycles. The number of hydrogen-bond acceptors (Lipinski definition) is 13. The van der Waals surface area contributed by atoms with E-state index < -0.39 is 0 Å². The van der Waals surface area contributed by atoms with Crippen molar-refractivity contribution in [3.63, 3.8) is 0 Å². The van der Waals surface area contributed by atoms with E-state index in [0.717, 1.165) is 119 Å². The molecule has 0 saturated carbocycles. The standard InChI is InChI=1S/C22H26N4OS.C21H25N5OS.C5H12/c1-3-17(13-19-4-2-12-28-19)15-26(7-1)22-20-6-5-18(14-21(20)23-16-24-22)25-8-10-27-11-9-25;1-2-16(12-20-22-5-11-28-20)14-26(6-1)21-18-4-3-17(13-19(18)23-15-24-21)25-7-9-27-10-8-25;1-5(2,3)4/h2,4-6,12,14,16-17H,1,3,7-11,13,15H2;3-5,11,13,15-16H,1-2,6-10,12,14H2;1-4H3. The number of rotatable bonds is 8. The van der Waals surface area contributed by atoms with Gasteiger partial charge in [-0.2, -0.15) is 0 Å². The Morgan fingerprint density at radius 2 is 1.11 bits per heavy atom. The fourth-order valence-electron chi connectivity index (χ4n) is 8.77.